The van der Waals surface area contributed by atoms with Crippen LogP contribution in [0.5, 0.6) is 0 Å². The SMILES string of the molecule is Cc1cccc(-c2nc3ccccn3c2NC(=O)C2CN(c3cc(-n4cncn4)ncn3)C2)c1. The van der Waals surface area contributed by atoms with Crippen LogP contribution >= 0.6 is 0 Å². The second-order valence-electron chi connectivity index (χ2n) is 8.27. The van der Waals surface area contributed by atoms with Crippen molar-refractivity contribution in [2.45, 2.75) is 6.92 Å². The van der Waals surface area contributed by atoms with Gasteiger partial charge >= 0.3 is 0 Å². The Morgan fingerprint density at radius 1 is 1.03 bits per heavy atom. The molecule has 6 rings (SSSR count). The zero-order valence-corrected chi connectivity index (χ0v) is 18.4. The fourth-order valence-electron chi connectivity index (χ4n) is 4.12. The van der Waals surface area contributed by atoms with Crippen molar-refractivity contribution in [2.24, 2.45) is 5.92 Å². The quantitative estimate of drug-likeness (QED) is 0.438. The lowest BCUT2D eigenvalue weighted by Crippen LogP contribution is -2.52. The molecule has 0 spiro atoms. The first kappa shape index (κ1) is 20.0. The highest BCUT2D eigenvalue weighted by molar-refractivity contribution is 5.97. The number of fused-ring (bicyclic) bond motifs is 1. The highest BCUT2D eigenvalue weighted by Crippen LogP contribution is 2.31. The minimum absolute atomic E-state index is 0.0404. The standard InChI is InChI=1S/C24H21N9O/c1-16-5-4-6-17(9-16)22-23(32-8-3-2-7-19(32)29-22)30-24(34)18-11-31(12-18)20-10-21(27-14-26-20)33-15-25-13-28-33/h2-10,13-15,18H,11-12H2,1H3,(H,30,34). The van der Waals surface area contributed by atoms with Gasteiger partial charge in [0.25, 0.3) is 0 Å². The third kappa shape index (κ3) is 3.54. The van der Waals surface area contributed by atoms with E-state index in [-0.39, 0.29) is 11.8 Å². The molecule has 1 aliphatic heterocycles. The molecule has 1 fully saturated rings. The number of amides is 1. The molecule has 34 heavy (non-hydrogen) atoms. The van der Waals surface area contributed by atoms with Gasteiger partial charge in [-0.1, -0.05) is 29.8 Å². The van der Waals surface area contributed by atoms with Crippen LogP contribution in [0.25, 0.3) is 22.7 Å². The van der Waals surface area contributed by atoms with E-state index in [1.807, 2.05) is 64.9 Å². The van der Waals surface area contributed by atoms with E-state index in [4.69, 9.17) is 4.98 Å². The van der Waals surface area contributed by atoms with E-state index in [0.717, 1.165) is 28.3 Å². The number of rotatable bonds is 5. The number of nitrogens with one attached hydrogen (secondary N) is 1. The van der Waals surface area contributed by atoms with Gasteiger partial charge in [0.1, 0.15) is 42.0 Å². The van der Waals surface area contributed by atoms with E-state index in [9.17, 15) is 4.79 Å². The van der Waals surface area contributed by atoms with E-state index >= 15 is 0 Å². The van der Waals surface area contributed by atoms with Gasteiger partial charge in [0, 0.05) is 30.9 Å². The van der Waals surface area contributed by atoms with Crippen LogP contribution in [-0.2, 0) is 4.79 Å². The van der Waals surface area contributed by atoms with Gasteiger partial charge in [-0.3, -0.25) is 9.20 Å². The Labute approximate surface area is 194 Å². The number of benzene rings is 1. The fourth-order valence-corrected chi connectivity index (χ4v) is 4.12. The lowest BCUT2D eigenvalue weighted by atomic mass is 9.99. The summed E-state index contributed by atoms with van der Waals surface area (Å²) in [5, 5.41) is 7.24. The molecule has 5 heterocycles. The summed E-state index contributed by atoms with van der Waals surface area (Å²) in [5.74, 6) is 1.86. The highest BCUT2D eigenvalue weighted by Gasteiger charge is 2.34. The van der Waals surface area contributed by atoms with Crippen molar-refractivity contribution >= 4 is 23.2 Å². The first-order chi connectivity index (χ1) is 16.7. The van der Waals surface area contributed by atoms with Crippen LogP contribution in [0.15, 0.2) is 73.7 Å². The molecule has 10 nitrogen and oxygen atoms in total. The second-order valence-corrected chi connectivity index (χ2v) is 8.27. The van der Waals surface area contributed by atoms with E-state index in [0.29, 0.717) is 24.7 Å². The number of hydrogen-bond acceptors (Lipinski definition) is 7. The molecule has 0 aliphatic carbocycles. The van der Waals surface area contributed by atoms with Gasteiger partial charge in [-0.05, 0) is 25.1 Å². The van der Waals surface area contributed by atoms with Gasteiger partial charge in [0.15, 0.2) is 5.82 Å². The van der Waals surface area contributed by atoms with Gasteiger partial charge in [-0.2, -0.15) is 5.10 Å². The molecular formula is C24H21N9O. The van der Waals surface area contributed by atoms with Gasteiger partial charge in [0.05, 0.1) is 5.92 Å². The smallest absolute Gasteiger partial charge is 0.232 e. The molecule has 4 aromatic heterocycles. The Morgan fingerprint density at radius 2 is 1.91 bits per heavy atom. The minimum atomic E-state index is -0.163. The van der Waals surface area contributed by atoms with E-state index in [1.165, 1.54) is 12.7 Å². The Hall–Kier alpha value is -4.60. The largest absolute Gasteiger partial charge is 0.355 e. The summed E-state index contributed by atoms with van der Waals surface area (Å²) in [5.41, 5.74) is 3.64. The molecule has 0 atom stereocenters. The number of aromatic nitrogens is 7. The number of aryl methyl sites for hydroxylation is 1. The molecule has 0 saturated carbocycles. The average Bonchev–Trinajstić information content (AvgIpc) is 3.47. The average molecular weight is 451 g/mol. The number of nitrogens with zero attached hydrogens (tertiary/aromatic N) is 8. The Balaban J connectivity index is 1.22. The van der Waals surface area contributed by atoms with Crippen LogP contribution in [0.1, 0.15) is 5.56 Å². The molecule has 1 aliphatic rings. The summed E-state index contributed by atoms with van der Waals surface area (Å²) >= 11 is 0. The number of pyridine rings is 1. The molecule has 5 aromatic rings. The minimum Gasteiger partial charge on any atom is -0.355 e. The molecule has 0 radical (unpaired) electrons. The number of carbonyl (C=O) groups excluding carboxylic acids is 1. The maximum absolute atomic E-state index is 13.2. The van der Waals surface area contributed by atoms with Crippen LogP contribution in [0.4, 0.5) is 11.6 Å². The van der Waals surface area contributed by atoms with E-state index in [2.05, 4.69) is 31.4 Å². The van der Waals surface area contributed by atoms with Crippen molar-refractivity contribution in [3.63, 3.8) is 0 Å². The Morgan fingerprint density at radius 3 is 2.74 bits per heavy atom. The summed E-state index contributed by atoms with van der Waals surface area (Å²) in [6, 6.07) is 15.8. The van der Waals surface area contributed by atoms with Crippen molar-refractivity contribution < 1.29 is 4.79 Å². The van der Waals surface area contributed by atoms with Gasteiger partial charge in [-0.15, -0.1) is 0 Å². The van der Waals surface area contributed by atoms with Crippen LogP contribution in [0, 0.1) is 12.8 Å². The summed E-state index contributed by atoms with van der Waals surface area (Å²) < 4.78 is 3.49. The van der Waals surface area contributed by atoms with Gasteiger partial charge in [-0.25, -0.2) is 24.6 Å². The van der Waals surface area contributed by atoms with Crippen LogP contribution in [0.3, 0.4) is 0 Å². The van der Waals surface area contributed by atoms with Crippen molar-refractivity contribution in [3.8, 4) is 17.1 Å². The number of anilines is 2. The fraction of sp³-hybridized carbons (Fsp3) is 0.167. The zero-order chi connectivity index (χ0) is 23.1. The number of imidazole rings is 1. The van der Waals surface area contributed by atoms with Crippen LogP contribution in [-0.4, -0.2) is 53.1 Å². The third-order valence-corrected chi connectivity index (χ3v) is 5.93. The monoisotopic (exact) mass is 451 g/mol. The van der Waals surface area contributed by atoms with Crippen LogP contribution in [0.2, 0.25) is 0 Å². The lowest BCUT2D eigenvalue weighted by molar-refractivity contribution is -0.120. The molecule has 1 saturated heterocycles. The molecule has 168 valence electrons. The topological polar surface area (TPSA) is 106 Å². The third-order valence-electron chi connectivity index (χ3n) is 5.93. The van der Waals surface area contributed by atoms with Crippen molar-refractivity contribution in [3.05, 3.63) is 79.3 Å². The number of carbonyl (C=O) groups is 1. The number of hydrogen-bond donors (Lipinski definition) is 1. The summed E-state index contributed by atoms with van der Waals surface area (Å²) in [6.45, 7) is 3.17. The van der Waals surface area contributed by atoms with E-state index < -0.39 is 0 Å². The van der Waals surface area contributed by atoms with Crippen LogP contribution < -0.4 is 10.2 Å². The molecule has 1 N–H and O–H groups in total. The molecule has 1 amide bonds. The van der Waals surface area contributed by atoms with Gasteiger partial charge < -0.3 is 10.2 Å². The van der Waals surface area contributed by atoms with Crippen molar-refractivity contribution in [1.29, 1.82) is 0 Å². The molecular weight excluding hydrogens is 430 g/mol. The molecule has 0 bridgehead atoms. The second kappa shape index (κ2) is 8.07. The Bertz CT molecular complexity index is 1490. The zero-order valence-electron chi connectivity index (χ0n) is 18.4. The normalized spacial score (nSPS) is 13.7. The predicted molar refractivity (Wildman–Crippen MR) is 127 cm³/mol. The maximum atomic E-state index is 13.2. The maximum Gasteiger partial charge on any atom is 0.232 e. The molecule has 1 aromatic carbocycles. The van der Waals surface area contributed by atoms with Crippen molar-refractivity contribution in [1.82, 2.24) is 34.1 Å². The first-order valence-electron chi connectivity index (χ1n) is 10.9. The summed E-state index contributed by atoms with van der Waals surface area (Å²) in [6.07, 6.45) is 6.44. The highest BCUT2D eigenvalue weighted by atomic mass is 16.2. The van der Waals surface area contributed by atoms with Crippen molar-refractivity contribution in [2.75, 3.05) is 23.3 Å². The molecule has 0 unspecified atom stereocenters. The molecule has 10 heteroatoms. The lowest BCUT2D eigenvalue weighted by Gasteiger charge is -2.39. The van der Waals surface area contributed by atoms with Gasteiger partial charge in [0.2, 0.25) is 5.91 Å². The Kier molecular flexibility index (Phi) is 4.76. The first-order valence-corrected chi connectivity index (χ1v) is 10.9. The van der Waals surface area contributed by atoms with E-state index in [1.54, 1.807) is 11.0 Å². The summed E-state index contributed by atoms with van der Waals surface area (Å²) in [7, 11) is 0. The predicted octanol–water partition coefficient (Wildman–Crippen LogP) is 2.76. The summed E-state index contributed by atoms with van der Waals surface area (Å²) in [4.78, 5) is 32.5.